The molecule has 0 atom stereocenters. The number of imidazole rings is 1. The average molecular weight is 210 g/mol. The maximum atomic E-state index is 4.68. The molecule has 1 aromatic carbocycles. The normalized spacial score (nSPS) is 15.4. The lowest BCUT2D eigenvalue weighted by atomic mass is 10.1. The highest BCUT2D eigenvalue weighted by atomic mass is 15.1. The molecule has 1 heterocycles. The van der Waals surface area contributed by atoms with Gasteiger partial charge in [0.2, 0.25) is 0 Å². The molecule has 0 spiro atoms. The quantitative estimate of drug-likeness (QED) is 0.706. The molecule has 1 aliphatic carbocycles. The molecular weight excluding hydrogens is 196 g/mol. The van der Waals surface area contributed by atoms with Gasteiger partial charge in [0.1, 0.15) is 5.82 Å². The maximum absolute atomic E-state index is 4.68. The van der Waals surface area contributed by atoms with Gasteiger partial charge >= 0.3 is 0 Å². The van der Waals surface area contributed by atoms with E-state index in [4.69, 9.17) is 0 Å². The lowest BCUT2D eigenvalue weighted by Gasteiger charge is -2.06. The van der Waals surface area contributed by atoms with Crippen LogP contribution in [0.15, 0.2) is 42.5 Å². The van der Waals surface area contributed by atoms with E-state index in [1.807, 2.05) is 6.07 Å². The zero-order chi connectivity index (χ0) is 11.0. The van der Waals surface area contributed by atoms with Gasteiger partial charge in [-0.3, -0.25) is 0 Å². The first kappa shape index (κ1) is 9.40. The predicted molar refractivity (Wildman–Crippen MR) is 67.1 cm³/mol. The first-order chi connectivity index (χ1) is 7.86. The number of aromatic nitrogens is 2. The van der Waals surface area contributed by atoms with Gasteiger partial charge in [-0.2, -0.15) is 0 Å². The number of para-hydroxylation sites is 2. The van der Waals surface area contributed by atoms with Gasteiger partial charge in [-0.25, -0.2) is 4.98 Å². The van der Waals surface area contributed by atoms with Crippen LogP contribution in [0.1, 0.15) is 18.7 Å². The van der Waals surface area contributed by atoms with Crippen molar-refractivity contribution in [3.63, 3.8) is 0 Å². The Labute approximate surface area is 94.9 Å². The molecule has 0 aliphatic heterocycles. The number of hydrogen-bond donors (Lipinski definition) is 0. The van der Waals surface area contributed by atoms with Gasteiger partial charge in [-0.15, -0.1) is 0 Å². The van der Waals surface area contributed by atoms with Crippen molar-refractivity contribution < 1.29 is 0 Å². The fourth-order valence-corrected chi connectivity index (χ4v) is 2.18. The highest BCUT2D eigenvalue weighted by Gasteiger charge is 2.10. The third kappa shape index (κ3) is 1.38. The van der Waals surface area contributed by atoms with Crippen LogP contribution < -0.4 is 0 Å². The summed E-state index contributed by atoms with van der Waals surface area (Å²) in [5.74, 6) is 1.07. The van der Waals surface area contributed by atoms with Crippen LogP contribution in [-0.4, -0.2) is 9.55 Å². The smallest absolute Gasteiger partial charge is 0.140 e. The van der Waals surface area contributed by atoms with Crippen molar-refractivity contribution in [2.75, 3.05) is 0 Å². The summed E-state index contributed by atoms with van der Waals surface area (Å²) >= 11 is 0. The van der Waals surface area contributed by atoms with Crippen LogP contribution in [0.3, 0.4) is 0 Å². The minimum absolute atomic E-state index is 1.07. The van der Waals surface area contributed by atoms with E-state index in [-0.39, 0.29) is 0 Å². The molecule has 0 unspecified atom stereocenters. The van der Waals surface area contributed by atoms with Gasteiger partial charge < -0.3 is 4.57 Å². The number of allylic oxidation sites excluding steroid dienone is 4. The zero-order valence-corrected chi connectivity index (χ0v) is 9.35. The van der Waals surface area contributed by atoms with Gasteiger partial charge in [0.15, 0.2) is 0 Å². The van der Waals surface area contributed by atoms with E-state index in [0.717, 1.165) is 24.2 Å². The summed E-state index contributed by atoms with van der Waals surface area (Å²) in [5, 5.41) is 0. The minimum Gasteiger partial charge on any atom is -0.327 e. The van der Waals surface area contributed by atoms with Crippen LogP contribution in [-0.2, 0) is 7.05 Å². The molecule has 0 saturated heterocycles. The maximum Gasteiger partial charge on any atom is 0.140 e. The van der Waals surface area contributed by atoms with E-state index in [1.54, 1.807) is 0 Å². The Morgan fingerprint density at radius 3 is 2.81 bits per heavy atom. The van der Waals surface area contributed by atoms with Crippen LogP contribution in [0, 0.1) is 0 Å². The number of hydrogen-bond acceptors (Lipinski definition) is 1. The molecule has 1 aromatic heterocycles. The average Bonchev–Trinajstić information content (AvgIpc) is 2.69. The van der Waals surface area contributed by atoms with Crippen LogP contribution in [0.5, 0.6) is 0 Å². The summed E-state index contributed by atoms with van der Waals surface area (Å²) < 4.78 is 2.16. The number of nitrogens with zero attached hydrogens (tertiary/aromatic N) is 2. The lowest BCUT2D eigenvalue weighted by molar-refractivity contribution is 0.917. The molecule has 0 radical (unpaired) electrons. The van der Waals surface area contributed by atoms with E-state index < -0.39 is 0 Å². The van der Waals surface area contributed by atoms with Crippen molar-refractivity contribution in [2.45, 2.75) is 12.8 Å². The number of rotatable bonds is 1. The van der Waals surface area contributed by atoms with E-state index in [1.165, 1.54) is 11.1 Å². The van der Waals surface area contributed by atoms with Crippen molar-refractivity contribution in [1.82, 2.24) is 9.55 Å². The summed E-state index contributed by atoms with van der Waals surface area (Å²) in [4.78, 5) is 4.68. The van der Waals surface area contributed by atoms with Gasteiger partial charge in [0.05, 0.1) is 11.0 Å². The summed E-state index contributed by atoms with van der Waals surface area (Å²) in [5.41, 5.74) is 3.50. The van der Waals surface area contributed by atoms with Crippen molar-refractivity contribution >= 4 is 16.6 Å². The topological polar surface area (TPSA) is 17.8 Å². The molecule has 0 amide bonds. The van der Waals surface area contributed by atoms with Gasteiger partial charge in [-0.05, 0) is 25.0 Å². The van der Waals surface area contributed by atoms with Crippen LogP contribution in [0.4, 0.5) is 0 Å². The Morgan fingerprint density at radius 2 is 2.06 bits per heavy atom. The molecule has 0 N–H and O–H groups in total. The predicted octanol–water partition coefficient (Wildman–Crippen LogP) is 3.31. The number of aryl methyl sites for hydroxylation is 1. The van der Waals surface area contributed by atoms with Gasteiger partial charge in [0, 0.05) is 12.6 Å². The van der Waals surface area contributed by atoms with Crippen molar-refractivity contribution in [3.05, 3.63) is 48.3 Å². The molecule has 0 saturated carbocycles. The molecule has 0 bridgehead atoms. The van der Waals surface area contributed by atoms with Crippen LogP contribution in [0.25, 0.3) is 16.6 Å². The minimum atomic E-state index is 1.07. The molecule has 2 heteroatoms. The lowest BCUT2D eigenvalue weighted by Crippen LogP contribution is -1.97. The Balaban J connectivity index is 2.20. The summed E-state index contributed by atoms with van der Waals surface area (Å²) in [7, 11) is 2.08. The fraction of sp³-hybridized carbons (Fsp3) is 0.214. The SMILES string of the molecule is Cn1c(C2=CCCC=C2)nc2ccccc21. The second kappa shape index (κ2) is 3.63. The second-order valence-electron chi connectivity index (χ2n) is 4.12. The molecule has 16 heavy (non-hydrogen) atoms. The third-order valence-corrected chi connectivity index (χ3v) is 3.04. The highest BCUT2D eigenvalue weighted by Crippen LogP contribution is 2.23. The molecule has 3 rings (SSSR count). The molecular formula is C14H14N2. The Morgan fingerprint density at radius 1 is 1.19 bits per heavy atom. The monoisotopic (exact) mass is 210 g/mol. The third-order valence-electron chi connectivity index (χ3n) is 3.04. The summed E-state index contributed by atoms with van der Waals surface area (Å²) in [6.07, 6.45) is 8.92. The fourth-order valence-electron chi connectivity index (χ4n) is 2.18. The number of fused-ring (bicyclic) bond motifs is 1. The van der Waals surface area contributed by atoms with E-state index in [0.29, 0.717) is 0 Å². The van der Waals surface area contributed by atoms with E-state index in [9.17, 15) is 0 Å². The first-order valence-corrected chi connectivity index (χ1v) is 5.65. The highest BCUT2D eigenvalue weighted by molar-refractivity contribution is 5.82. The zero-order valence-electron chi connectivity index (χ0n) is 9.35. The largest absolute Gasteiger partial charge is 0.327 e. The molecule has 2 aromatic rings. The molecule has 1 aliphatic rings. The Kier molecular flexibility index (Phi) is 2.13. The van der Waals surface area contributed by atoms with Crippen LogP contribution >= 0.6 is 0 Å². The van der Waals surface area contributed by atoms with Crippen LogP contribution in [0.2, 0.25) is 0 Å². The summed E-state index contributed by atoms with van der Waals surface area (Å²) in [6, 6.07) is 8.26. The first-order valence-electron chi connectivity index (χ1n) is 5.65. The molecule has 0 fully saturated rings. The van der Waals surface area contributed by atoms with E-state index in [2.05, 4.69) is 53.0 Å². The standard InChI is InChI=1S/C14H14N2/c1-16-13-10-6-5-9-12(13)15-14(16)11-7-3-2-4-8-11/h3,5-10H,2,4H2,1H3. The van der Waals surface area contributed by atoms with Gasteiger partial charge in [0.25, 0.3) is 0 Å². The van der Waals surface area contributed by atoms with Crippen molar-refractivity contribution in [3.8, 4) is 0 Å². The van der Waals surface area contributed by atoms with E-state index >= 15 is 0 Å². The van der Waals surface area contributed by atoms with Crippen molar-refractivity contribution in [2.24, 2.45) is 7.05 Å². The second-order valence-corrected chi connectivity index (χ2v) is 4.12. The number of benzene rings is 1. The Bertz CT molecular complexity index is 588. The Hall–Kier alpha value is -1.83. The summed E-state index contributed by atoms with van der Waals surface area (Å²) in [6.45, 7) is 0. The molecule has 2 nitrogen and oxygen atoms in total. The van der Waals surface area contributed by atoms with Gasteiger partial charge in [-0.1, -0.05) is 30.4 Å². The van der Waals surface area contributed by atoms with Crippen molar-refractivity contribution in [1.29, 1.82) is 0 Å². The molecule has 80 valence electrons.